The zero-order chi connectivity index (χ0) is 16.7. The van der Waals surface area contributed by atoms with Gasteiger partial charge in [-0.1, -0.05) is 35.9 Å². The molecule has 0 bridgehead atoms. The highest BCUT2D eigenvalue weighted by atomic mass is 35.5. The maximum absolute atomic E-state index is 12.6. The number of halogens is 1. The van der Waals surface area contributed by atoms with Gasteiger partial charge < -0.3 is 9.32 Å². The number of amides is 1. The molecule has 0 unspecified atom stereocenters. The topological polar surface area (TPSA) is 55.5 Å². The van der Waals surface area contributed by atoms with Crippen molar-refractivity contribution in [1.82, 2.24) is 9.47 Å². The molecule has 2 aromatic carbocycles. The predicted octanol–water partition coefficient (Wildman–Crippen LogP) is 3.22. The number of likely N-dealkylation sites (tertiary alicyclic amines) is 1. The normalized spacial score (nSPS) is 17.0. The fraction of sp³-hybridized carbons (Fsp3) is 0.222. The first-order chi connectivity index (χ1) is 11.6. The van der Waals surface area contributed by atoms with Crippen LogP contribution in [-0.4, -0.2) is 21.9 Å². The molecule has 1 aliphatic rings. The lowest BCUT2D eigenvalue weighted by molar-refractivity contribution is -0.139. The fourth-order valence-electron chi connectivity index (χ4n) is 3.11. The van der Waals surface area contributed by atoms with E-state index in [1.54, 1.807) is 23.1 Å². The molecule has 1 aliphatic heterocycles. The Hall–Kier alpha value is -2.53. The summed E-state index contributed by atoms with van der Waals surface area (Å²) in [6.07, 6.45) is 0.911. The first-order valence-corrected chi connectivity index (χ1v) is 8.14. The molecular formula is C18H15ClN2O3. The third-order valence-corrected chi connectivity index (χ3v) is 4.71. The van der Waals surface area contributed by atoms with Crippen LogP contribution >= 0.6 is 11.6 Å². The minimum atomic E-state index is -0.506. The molecule has 1 aromatic heterocycles. The number of fused-ring (bicyclic) bond motifs is 1. The average Bonchev–Trinajstić information content (AvgIpc) is 2.84. The Morgan fingerprint density at radius 3 is 2.62 bits per heavy atom. The van der Waals surface area contributed by atoms with Gasteiger partial charge >= 0.3 is 5.76 Å². The monoisotopic (exact) mass is 342 g/mol. The van der Waals surface area contributed by atoms with Crippen LogP contribution in [0.15, 0.2) is 57.7 Å². The van der Waals surface area contributed by atoms with Gasteiger partial charge in [-0.2, -0.15) is 0 Å². The fourth-order valence-corrected chi connectivity index (χ4v) is 3.23. The Kier molecular flexibility index (Phi) is 3.65. The average molecular weight is 343 g/mol. The zero-order valence-electron chi connectivity index (χ0n) is 12.8. The van der Waals surface area contributed by atoms with E-state index in [-0.39, 0.29) is 18.5 Å². The first kappa shape index (κ1) is 15.0. The Morgan fingerprint density at radius 1 is 1.17 bits per heavy atom. The molecule has 0 N–H and O–H groups in total. The van der Waals surface area contributed by atoms with E-state index in [4.69, 9.17) is 16.0 Å². The lowest BCUT2D eigenvalue weighted by atomic mass is 9.94. The molecule has 1 fully saturated rings. The second-order valence-electron chi connectivity index (χ2n) is 5.86. The van der Waals surface area contributed by atoms with Gasteiger partial charge in [-0.15, -0.1) is 0 Å². The Balaban J connectivity index is 1.57. The van der Waals surface area contributed by atoms with Crippen molar-refractivity contribution in [2.24, 2.45) is 0 Å². The molecule has 5 nitrogen and oxygen atoms in total. The molecule has 0 spiro atoms. The van der Waals surface area contributed by atoms with Gasteiger partial charge in [-0.3, -0.25) is 9.36 Å². The first-order valence-electron chi connectivity index (χ1n) is 7.77. The summed E-state index contributed by atoms with van der Waals surface area (Å²) in [7, 11) is 0. The summed E-state index contributed by atoms with van der Waals surface area (Å²) in [5, 5.41) is 0.673. The number of carbonyl (C=O) groups excluding carboxylic acids is 1. The number of carbonyl (C=O) groups is 1. The van der Waals surface area contributed by atoms with Crippen LogP contribution in [0.2, 0.25) is 5.02 Å². The van der Waals surface area contributed by atoms with Gasteiger partial charge in [0.1, 0.15) is 6.54 Å². The van der Waals surface area contributed by atoms with Crippen LogP contribution < -0.4 is 5.76 Å². The van der Waals surface area contributed by atoms with E-state index in [1.165, 1.54) is 4.57 Å². The van der Waals surface area contributed by atoms with Gasteiger partial charge in [0.2, 0.25) is 5.91 Å². The number of aromatic nitrogens is 1. The molecule has 6 heteroatoms. The molecule has 2 heterocycles. The summed E-state index contributed by atoms with van der Waals surface area (Å²) in [6, 6.07) is 14.7. The standard InChI is InChI=1S/C18H15ClN2O3/c19-13-7-5-12(6-8-13)14-9-10-20(14)17(22)11-21-15-3-1-2-4-16(15)24-18(21)23/h1-8,14H,9-11H2/t14-/m0/s1. The number of hydrogen-bond acceptors (Lipinski definition) is 3. The molecule has 0 saturated carbocycles. The van der Waals surface area contributed by atoms with Crippen molar-refractivity contribution in [3.63, 3.8) is 0 Å². The maximum atomic E-state index is 12.6. The van der Waals surface area contributed by atoms with Crippen LogP contribution in [0.3, 0.4) is 0 Å². The van der Waals surface area contributed by atoms with Crippen molar-refractivity contribution in [1.29, 1.82) is 0 Å². The maximum Gasteiger partial charge on any atom is 0.420 e. The molecule has 122 valence electrons. The van der Waals surface area contributed by atoms with E-state index < -0.39 is 5.76 Å². The second-order valence-corrected chi connectivity index (χ2v) is 6.30. The smallest absolute Gasteiger partial charge is 0.408 e. The van der Waals surface area contributed by atoms with Gasteiger partial charge in [0.25, 0.3) is 0 Å². The van der Waals surface area contributed by atoms with Crippen molar-refractivity contribution < 1.29 is 9.21 Å². The number of para-hydroxylation sites is 2. The molecule has 3 aromatic rings. The molecule has 24 heavy (non-hydrogen) atoms. The third-order valence-electron chi connectivity index (χ3n) is 4.46. The van der Waals surface area contributed by atoms with Crippen molar-refractivity contribution in [3.05, 3.63) is 69.7 Å². The van der Waals surface area contributed by atoms with E-state index in [2.05, 4.69) is 0 Å². The molecule has 1 atom stereocenters. The second kappa shape index (κ2) is 5.83. The highest BCUT2D eigenvalue weighted by Crippen LogP contribution is 2.34. The summed E-state index contributed by atoms with van der Waals surface area (Å²) in [5.41, 5.74) is 2.19. The molecule has 1 saturated heterocycles. The van der Waals surface area contributed by atoms with Gasteiger partial charge in [0, 0.05) is 11.6 Å². The third kappa shape index (κ3) is 2.51. The predicted molar refractivity (Wildman–Crippen MR) is 91.0 cm³/mol. The van der Waals surface area contributed by atoms with Gasteiger partial charge in [0.15, 0.2) is 5.58 Å². The summed E-state index contributed by atoms with van der Waals surface area (Å²) in [4.78, 5) is 26.4. The molecular weight excluding hydrogens is 328 g/mol. The van der Waals surface area contributed by atoms with Crippen LogP contribution in [0, 0.1) is 0 Å². The van der Waals surface area contributed by atoms with Crippen LogP contribution in [0.25, 0.3) is 11.1 Å². The molecule has 0 radical (unpaired) electrons. The van der Waals surface area contributed by atoms with Crippen LogP contribution in [0.5, 0.6) is 0 Å². The van der Waals surface area contributed by atoms with E-state index in [9.17, 15) is 9.59 Å². The number of benzene rings is 2. The molecule has 1 amide bonds. The minimum absolute atomic E-state index is 0.0140. The van der Waals surface area contributed by atoms with E-state index >= 15 is 0 Å². The number of hydrogen-bond donors (Lipinski definition) is 0. The van der Waals surface area contributed by atoms with Crippen LogP contribution in [-0.2, 0) is 11.3 Å². The molecule has 0 aliphatic carbocycles. The summed E-state index contributed by atoms with van der Waals surface area (Å²) in [6.45, 7) is 0.677. The van der Waals surface area contributed by atoms with E-state index in [1.807, 2.05) is 30.3 Å². The lowest BCUT2D eigenvalue weighted by Crippen LogP contribution is -2.47. The number of rotatable bonds is 3. The van der Waals surface area contributed by atoms with Crippen molar-refractivity contribution in [2.45, 2.75) is 19.0 Å². The largest absolute Gasteiger partial charge is 0.420 e. The van der Waals surface area contributed by atoms with Gasteiger partial charge in [-0.05, 0) is 36.2 Å². The van der Waals surface area contributed by atoms with Gasteiger partial charge in [0.05, 0.1) is 11.6 Å². The Morgan fingerprint density at radius 2 is 1.92 bits per heavy atom. The SMILES string of the molecule is O=C(Cn1c(=O)oc2ccccc21)N1CC[C@H]1c1ccc(Cl)cc1. The Labute approximate surface area is 143 Å². The van der Waals surface area contributed by atoms with Gasteiger partial charge in [-0.25, -0.2) is 4.79 Å². The van der Waals surface area contributed by atoms with Crippen LogP contribution in [0.1, 0.15) is 18.0 Å². The Bertz CT molecular complexity index is 958. The minimum Gasteiger partial charge on any atom is -0.408 e. The lowest BCUT2D eigenvalue weighted by Gasteiger charge is -2.41. The molecule has 4 rings (SSSR count). The highest BCUT2D eigenvalue weighted by Gasteiger charge is 2.33. The quantitative estimate of drug-likeness (QED) is 0.734. The van der Waals surface area contributed by atoms with Crippen molar-refractivity contribution >= 4 is 28.6 Å². The van der Waals surface area contributed by atoms with E-state index in [0.717, 1.165) is 12.0 Å². The number of oxazole rings is 1. The zero-order valence-corrected chi connectivity index (χ0v) is 13.6. The van der Waals surface area contributed by atoms with Crippen molar-refractivity contribution in [3.8, 4) is 0 Å². The van der Waals surface area contributed by atoms with Crippen LogP contribution in [0.4, 0.5) is 0 Å². The van der Waals surface area contributed by atoms with E-state index in [0.29, 0.717) is 22.7 Å². The summed E-state index contributed by atoms with van der Waals surface area (Å²) in [5.74, 6) is -0.594. The summed E-state index contributed by atoms with van der Waals surface area (Å²) >= 11 is 5.92. The summed E-state index contributed by atoms with van der Waals surface area (Å²) < 4.78 is 6.56. The van der Waals surface area contributed by atoms with Crippen molar-refractivity contribution in [2.75, 3.05) is 6.54 Å². The highest BCUT2D eigenvalue weighted by molar-refractivity contribution is 6.30. The number of nitrogens with zero attached hydrogens (tertiary/aromatic N) is 2.